The number of rotatable bonds is 4. The van der Waals surface area contributed by atoms with E-state index in [1.807, 2.05) is 20.8 Å². The first-order valence-corrected chi connectivity index (χ1v) is 5.01. The minimum Gasteiger partial charge on any atom is -0.463 e. The van der Waals surface area contributed by atoms with Gasteiger partial charge < -0.3 is 14.2 Å². The van der Waals surface area contributed by atoms with E-state index in [0.29, 0.717) is 19.6 Å². The van der Waals surface area contributed by atoms with Gasteiger partial charge in [0.2, 0.25) is 0 Å². The predicted octanol–water partition coefficient (Wildman–Crippen LogP) is 1.48. The molecule has 0 amide bonds. The molecule has 1 fully saturated rings. The van der Waals surface area contributed by atoms with E-state index in [-0.39, 0.29) is 12.1 Å². The van der Waals surface area contributed by atoms with Crippen molar-refractivity contribution >= 4 is 5.97 Å². The van der Waals surface area contributed by atoms with E-state index < -0.39 is 5.79 Å². The summed E-state index contributed by atoms with van der Waals surface area (Å²) in [4.78, 5) is 11.0. The zero-order chi connectivity index (χ0) is 10.6. The van der Waals surface area contributed by atoms with Crippen molar-refractivity contribution < 1.29 is 19.0 Å². The fourth-order valence-corrected chi connectivity index (χ4v) is 1.31. The zero-order valence-electron chi connectivity index (χ0n) is 9.04. The summed E-state index contributed by atoms with van der Waals surface area (Å²) in [6.45, 7) is 6.43. The quantitative estimate of drug-likeness (QED) is 0.648. The Morgan fingerprint density at radius 3 is 2.79 bits per heavy atom. The van der Waals surface area contributed by atoms with E-state index >= 15 is 0 Å². The van der Waals surface area contributed by atoms with Gasteiger partial charge in [-0.05, 0) is 20.3 Å². The third kappa shape index (κ3) is 3.64. The SMILES string of the molecule is CCCC(=O)OC[C@H]1COC(C)(C)O1. The lowest BCUT2D eigenvalue weighted by Gasteiger charge is -2.16. The second-order valence-electron chi connectivity index (χ2n) is 3.88. The summed E-state index contributed by atoms with van der Waals surface area (Å²) in [5, 5.41) is 0. The van der Waals surface area contributed by atoms with Gasteiger partial charge in [-0.3, -0.25) is 4.79 Å². The topological polar surface area (TPSA) is 44.8 Å². The molecule has 82 valence electrons. The number of carbonyl (C=O) groups excluding carboxylic acids is 1. The molecule has 1 aliphatic heterocycles. The highest BCUT2D eigenvalue weighted by atomic mass is 16.7. The molecule has 1 rings (SSSR count). The molecule has 1 aliphatic rings. The Balaban J connectivity index is 2.17. The van der Waals surface area contributed by atoms with Crippen molar-refractivity contribution in [3.8, 4) is 0 Å². The van der Waals surface area contributed by atoms with Crippen molar-refractivity contribution in [2.45, 2.75) is 45.5 Å². The second-order valence-corrected chi connectivity index (χ2v) is 3.88. The summed E-state index contributed by atoms with van der Waals surface area (Å²) in [6, 6.07) is 0. The fourth-order valence-electron chi connectivity index (χ4n) is 1.31. The van der Waals surface area contributed by atoms with E-state index in [2.05, 4.69) is 0 Å². The summed E-state index contributed by atoms with van der Waals surface area (Å²) in [6.07, 6.45) is 1.16. The van der Waals surface area contributed by atoms with Gasteiger partial charge in [0.05, 0.1) is 6.61 Å². The van der Waals surface area contributed by atoms with Gasteiger partial charge in [0.15, 0.2) is 5.79 Å². The van der Waals surface area contributed by atoms with Gasteiger partial charge in [-0.1, -0.05) is 6.92 Å². The van der Waals surface area contributed by atoms with Crippen molar-refractivity contribution in [1.82, 2.24) is 0 Å². The van der Waals surface area contributed by atoms with Crippen LogP contribution in [-0.2, 0) is 19.0 Å². The molecule has 0 unspecified atom stereocenters. The fraction of sp³-hybridized carbons (Fsp3) is 0.900. The Morgan fingerprint density at radius 1 is 1.57 bits per heavy atom. The Hall–Kier alpha value is -0.610. The molecule has 1 saturated heterocycles. The number of esters is 1. The third-order valence-corrected chi connectivity index (χ3v) is 1.95. The number of hydrogen-bond acceptors (Lipinski definition) is 4. The summed E-state index contributed by atoms with van der Waals surface area (Å²) in [5.74, 6) is -0.706. The monoisotopic (exact) mass is 202 g/mol. The number of ether oxygens (including phenoxy) is 3. The first-order chi connectivity index (χ1) is 6.53. The van der Waals surface area contributed by atoms with E-state index in [1.54, 1.807) is 0 Å². The Morgan fingerprint density at radius 2 is 2.29 bits per heavy atom. The standard InChI is InChI=1S/C10H18O4/c1-4-5-9(11)12-6-8-7-13-10(2,3)14-8/h8H,4-7H2,1-3H3/t8-/m0/s1. The van der Waals surface area contributed by atoms with Crippen LogP contribution in [0.2, 0.25) is 0 Å². The zero-order valence-corrected chi connectivity index (χ0v) is 9.04. The van der Waals surface area contributed by atoms with Gasteiger partial charge in [0.25, 0.3) is 0 Å². The largest absolute Gasteiger partial charge is 0.463 e. The molecule has 0 aromatic heterocycles. The minimum atomic E-state index is -0.540. The van der Waals surface area contributed by atoms with Gasteiger partial charge in [0, 0.05) is 6.42 Å². The van der Waals surface area contributed by atoms with Crippen LogP contribution in [0.1, 0.15) is 33.6 Å². The lowest BCUT2D eigenvalue weighted by Crippen LogP contribution is -2.25. The molecule has 0 N–H and O–H groups in total. The highest BCUT2D eigenvalue weighted by molar-refractivity contribution is 5.69. The maximum absolute atomic E-state index is 11.0. The Kier molecular flexibility index (Phi) is 3.89. The summed E-state index contributed by atoms with van der Waals surface area (Å²) in [7, 11) is 0. The molecule has 0 aliphatic carbocycles. The molecule has 1 atom stereocenters. The maximum atomic E-state index is 11.0. The smallest absolute Gasteiger partial charge is 0.305 e. The van der Waals surface area contributed by atoms with Gasteiger partial charge in [-0.25, -0.2) is 0 Å². The van der Waals surface area contributed by atoms with Crippen LogP contribution in [0.3, 0.4) is 0 Å². The van der Waals surface area contributed by atoms with Gasteiger partial charge in [-0.2, -0.15) is 0 Å². The molecule has 0 spiro atoms. The molecular weight excluding hydrogens is 184 g/mol. The molecule has 0 saturated carbocycles. The highest BCUT2D eigenvalue weighted by Crippen LogP contribution is 2.22. The van der Waals surface area contributed by atoms with Gasteiger partial charge in [0.1, 0.15) is 12.7 Å². The van der Waals surface area contributed by atoms with Crippen LogP contribution in [-0.4, -0.2) is 31.1 Å². The molecule has 4 nitrogen and oxygen atoms in total. The van der Waals surface area contributed by atoms with Gasteiger partial charge in [-0.15, -0.1) is 0 Å². The van der Waals surface area contributed by atoms with E-state index in [0.717, 1.165) is 6.42 Å². The Bertz CT molecular complexity index is 200. The number of carbonyl (C=O) groups is 1. The van der Waals surface area contributed by atoms with Gasteiger partial charge >= 0.3 is 5.97 Å². The molecular formula is C10H18O4. The molecule has 0 aromatic rings. The molecule has 0 aromatic carbocycles. The lowest BCUT2D eigenvalue weighted by atomic mass is 10.3. The van der Waals surface area contributed by atoms with Crippen LogP contribution in [0.5, 0.6) is 0 Å². The van der Waals surface area contributed by atoms with Crippen LogP contribution in [0.4, 0.5) is 0 Å². The first-order valence-electron chi connectivity index (χ1n) is 5.01. The van der Waals surface area contributed by atoms with Crippen LogP contribution >= 0.6 is 0 Å². The lowest BCUT2D eigenvalue weighted by molar-refractivity contribution is -0.158. The second kappa shape index (κ2) is 4.75. The van der Waals surface area contributed by atoms with Crippen molar-refractivity contribution in [3.05, 3.63) is 0 Å². The molecule has 1 heterocycles. The highest BCUT2D eigenvalue weighted by Gasteiger charge is 2.33. The van der Waals surface area contributed by atoms with Crippen LogP contribution < -0.4 is 0 Å². The third-order valence-electron chi connectivity index (χ3n) is 1.95. The molecule has 0 bridgehead atoms. The minimum absolute atomic E-state index is 0.120. The van der Waals surface area contributed by atoms with Crippen molar-refractivity contribution in [2.75, 3.05) is 13.2 Å². The molecule has 0 radical (unpaired) electrons. The normalized spacial score (nSPS) is 24.9. The van der Waals surface area contributed by atoms with E-state index in [9.17, 15) is 4.79 Å². The van der Waals surface area contributed by atoms with E-state index in [1.165, 1.54) is 0 Å². The maximum Gasteiger partial charge on any atom is 0.305 e. The number of hydrogen-bond donors (Lipinski definition) is 0. The van der Waals surface area contributed by atoms with Crippen molar-refractivity contribution in [3.63, 3.8) is 0 Å². The summed E-state index contributed by atoms with van der Waals surface area (Å²) >= 11 is 0. The average molecular weight is 202 g/mol. The summed E-state index contributed by atoms with van der Waals surface area (Å²) in [5.41, 5.74) is 0. The van der Waals surface area contributed by atoms with Crippen LogP contribution in [0.15, 0.2) is 0 Å². The van der Waals surface area contributed by atoms with Crippen molar-refractivity contribution in [2.24, 2.45) is 0 Å². The first kappa shape index (κ1) is 11.5. The average Bonchev–Trinajstić information content (AvgIpc) is 2.43. The summed E-state index contributed by atoms with van der Waals surface area (Å²) < 4.78 is 15.8. The van der Waals surface area contributed by atoms with Crippen molar-refractivity contribution in [1.29, 1.82) is 0 Å². The molecule has 14 heavy (non-hydrogen) atoms. The van der Waals surface area contributed by atoms with Crippen LogP contribution in [0, 0.1) is 0 Å². The van der Waals surface area contributed by atoms with E-state index in [4.69, 9.17) is 14.2 Å². The van der Waals surface area contributed by atoms with Crippen LogP contribution in [0.25, 0.3) is 0 Å². The predicted molar refractivity (Wildman–Crippen MR) is 50.8 cm³/mol. The Labute approximate surface area is 84.5 Å². The molecule has 4 heteroatoms.